The molecule has 0 amide bonds. The van der Waals surface area contributed by atoms with Crippen molar-refractivity contribution in [3.63, 3.8) is 0 Å². The summed E-state index contributed by atoms with van der Waals surface area (Å²) in [5.74, 6) is 0. The van der Waals surface area contributed by atoms with Gasteiger partial charge in [0.05, 0.1) is 44.1 Å². The van der Waals surface area contributed by atoms with Crippen molar-refractivity contribution >= 4 is 98.0 Å². The fourth-order valence-electron chi connectivity index (χ4n) is 16.2. The first-order valence-electron chi connectivity index (χ1n) is 48.2. The highest BCUT2D eigenvalue weighted by molar-refractivity contribution is 6.13. The minimum Gasteiger partial charge on any atom is -0.309 e. The van der Waals surface area contributed by atoms with Gasteiger partial charge in [-0.1, -0.05) is 437 Å². The summed E-state index contributed by atoms with van der Waals surface area (Å²) in [6.45, 7) is 56.0. The molecular weight excluding hydrogens is 1530 g/mol. The summed E-state index contributed by atoms with van der Waals surface area (Å²) in [6.07, 6.45) is 0.966. The molecule has 4 heteroatoms. The zero-order valence-electron chi connectivity index (χ0n) is 82.1. The van der Waals surface area contributed by atoms with E-state index in [1.807, 2.05) is 194 Å². The van der Waals surface area contributed by atoms with Gasteiger partial charge in [0.15, 0.2) is 0 Å². The predicted octanol–water partition coefficient (Wildman–Crippen LogP) is 39.5. The molecule has 127 heavy (non-hydrogen) atoms. The fraction of sp³-hybridized carbons (Fsp3) is 0.236. The second kappa shape index (κ2) is 54.0. The topological polar surface area (TPSA) is 19.7 Å². The smallest absolute Gasteiger partial charge is 0.0541 e. The lowest BCUT2D eigenvalue weighted by molar-refractivity contribution is 1.18. The Balaban J connectivity index is 0.000000309. The van der Waals surface area contributed by atoms with Gasteiger partial charge in [-0.05, 0) is 205 Å². The largest absolute Gasteiger partial charge is 0.309 e. The van der Waals surface area contributed by atoms with Crippen LogP contribution in [0, 0.1) is 0 Å². The zero-order valence-corrected chi connectivity index (χ0v) is 82.1. The van der Waals surface area contributed by atoms with Gasteiger partial charge >= 0.3 is 0 Å². The van der Waals surface area contributed by atoms with Crippen LogP contribution in [0.25, 0.3) is 176 Å². The molecule has 0 atom stereocenters. The number of benzene rings is 16. The minimum absolute atomic E-state index is 0.966. The molecule has 1 aliphatic rings. The molecule has 4 heterocycles. The maximum absolute atomic E-state index is 2.41. The number of hydrogen-bond donors (Lipinski definition) is 0. The van der Waals surface area contributed by atoms with Crippen LogP contribution in [0.1, 0.15) is 205 Å². The summed E-state index contributed by atoms with van der Waals surface area (Å²) >= 11 is 0. The molecule has 658 valence electrons. The summed E-state index contributed by atoms with van der Waals surface area (Å²) in [5.41, 5.74) is 29.7. The van der Waals surface area contributed by atoms with Crippen molar-refractivity contribution in [1.82, 2.24) is 18.3 Å². The van der Waals surface area contributed by atoms with E-state index in [-0.39, 0.29) is 0 Å². The molecule has 0 fully saturated rings. The molecule has 20 aromatic rings. The molecule has 0 spiro atoms. The fourth-order valence-corrected chi connectivity index (χ4v) is 16.2. The van der Waals surface area contributed by atoms with Crippen LogP contribution in [0.2, 0.25) is 0 Å². The van der Waals surface area contributed by atoms with Crippen molar-refractivity contribution in [3.8, 4) is 78.4 Å². The number of nitrogens with zero attached hydrogens (tertiary/aromatic N) is 4. The number of para-hydroxylation sites is 8. The van der Waals surface area contributed by atoms with Crippen molar-refractivity contribution < 1.29 is 0 Å². The second-order valence-electron chi connectivity index (χ2n) is 26.4. The first kappa shape index (κ1) is 103. The lowest BCUT2D eigenvalue weighted by Gasteiger charge is -2.12. The molecule has 0 unspecified atom stereocenters. The number of fused-ring (bicyclic) bond motifs is 16. The van der Waals surface area contributed by atoms with Gasteiger partial charge in [0.2, 0.25) is 0 Å². The molecular formula is C123H146N4. The third-order valence-corrected chi connectivity index (χ3v) is 20.8. The monoisotopic (exact) mass is 1680 g/mol. The Morgan fingerprint density at radius 3 is 0.504 bits per heavy atom. The average Bonchev–Trinajstić information content (AvgIpc) is 1.62. The molecule has 0 saturated carbocycles. The SMILES string of the molecule is CC.CC.CC.CC.CC.CC.CC.CC.CC.CC.CC.CC.CC.CC.c1cc(-c2ccc3c(c2)-c2cc(-c4cccc(-n5c6ccccc6c6ccccc65)c4)ccc2C3)cc(-n2c3ccccc3c3ccccc32)c1.c1cc(-c2ccc3cc(-c4cccc(-n5c6ccccc6c6ccccc65)c4)ccc3c2)cc(-n2c3ccccc3c3ccccc32)c1. The molecule has 1 aliphatic carbocycles. The second-order valence-corrected chi connectivity index (χ2v) is 26.4. The quantitative estimate of drug-likeness (QED) is 0.144. The summed E-state index contributed by atoms with van der Waals surface area (Å²) < 4.78 is 9.57. The van der Waals surface area contributed by atoms with Crippen LogP contribution in [0.5, 0.6) is 0 Å². The Morgan fingerprint density at radius 1 is 0.142 bits per heavy atom. The van der Waals surface area contributed by atoms with Crippen molar-refractivity contribution in [2.75, 3.05) is 0 Å². The van der Waals surface area contributed by atoms with Crippen LogP contribution in [-0.2, 0) is 6.42 Å². The predicted molar refractivity (Wildman–Crippen MR) is 577 cm³/mol. The van der Waals surface area contributed by atoms with Crippen LogP contribution in [0.3, 0.4) is 0 Å². The summed E-state index contributed by atoms with van der Waals surface area (Å²) in [5, 5.41) is 12.7. The van der Waals surface area contributed by atoms with Gasteiger partial charge in [-0.25, -0.2) is 0 Å². The van der Waals surface area contributed by atoms with Crippen LogP contribution in [-0.4, -0.2) is 18.3 Å². The van der Waals surface area contributed by atoms with E-state index in [0.29, 0.717) is 0 Å². The Morgan fingerprint density at radius 2 is 0.307 bits per heavy atom. The van der Waals surface area contributed by atoms with Crippen LogP contribution >= 0.6 is 0 Å². The molecule has 0 aliphatic heterocycles. The van der Waals surface area contributed by atoms with Gasteiger partial charge in [-0.3, -0.25) is 0 Å². The van der Waals surface area contributed by atoms with E-state index in [2.05, 4.69) is 382 Å². The van der Waals surface area contributed by atoms with Gasteiger partial charge in [-0.15, -0.1) is 0 Å². The summed E-state index contributed by atoms with van der Waals surface area (Å²) in [6, 6.07) is 133. The number of hydrogen-bond acceptors (Lipinski definition) is 0. The van der Waals surface area contributed by atoms with Gasteiger partial charge in [0.25, 0.3) is 0 Å². The number of aromatic nitrogens is 4. The van der Waals surface area contributed by atoms with Crippen molar-refractivity contribution in [3.05, 3.63) is 375 Å². The third kappa shape index (κ3) is 22.1. The molecule has 4 aromatic heterocycles. The molecule has 0 N–H and O–H groups in total. The zero-order chi connectivity index (χ0) is 93.1. The van der Waals surface area contributed by atoms with Gasteiger partial charge in [0, 0.05) is 65.8 Å². The van der Waals surface area contributed by atoms with Crippen LogP contribution < -0.4 is 0 Å². The summed E-state index contributed by atoms with van der Waals surface area (Å²) in [4.78, 5) is 0. The van der Waals surface area contributed by atoms with Crippen LogP contribution in [0.15, 0.2) is 364 Å². The van der Waals surface area contributed by atoms with Crippen molar-refractivity contribution in [1.29, 1.82) is 0 Å². The lowest BCUT2D eigenvalue weighted by atomic mass is 9.96. The Kier molecular flexibility index (Phi) is 43.7. The van der Waals surface area contributed by atoms with E-state index in [0.717, 1.165) is 6.42 Å². The highest BCUT2D eigenvalue weighted by Crippen LogP contribution is 2.44. The minimum atomic E-state index is 0.966. The normalized spacial score (nSPS) is 10.0. The Labute approximate surface area is 764 Å². The van der Waals surface area contributed by atoms with Crippen molar-refractivity contribution in [2.24, 2.45) is 0 Å². The number of rotatable bonds is 8. The maximum atomic E-state index is 2.41. The highest BCUT2D eigenvalue weighted by atomic mass is 15.0. The van der Waals surface area contributed by atoms with E-state index < -0.39 is 0 Å². The lowest BCUT2D eigenvalue weighted by Crippen LogP contribution is -1.94. The van der Waals surface area contributed by atoms with Gasteiger partial charge in [-0.2, -0.15) is 0 Å². The Bertz CT molecular complexity index is 6050. The standard InChI is InChI=1S/C49H32N2.C46H30N2.14C2H6/c1-5-19-46-40(15-1)41-16-2-6-20-47(41)50(46)38-13-9-11-32(28-38)34-23-25-36-27-37-26-24-35(31-45(37)44(36)30-34)33-12-10-14-39(29-33)51-48-21-7-3-17-42(48)43-18-4-8-22-49(43)51;1-5-19-43-39(15-1)40-16-2-6-20-44(40)47(43)37-13-9-11-31(29-37)33-23-25-36-28-34(24-26-35(36)27-33)32-12-10-14-38(30-32)48-45-21-7-3-17-41(45)42-18-4-8-22-46(42)48;14*1-2/h1-26,28-31H,27H2;1-30H;14*1-2H3. The molecule has 0 bridgehead atoms. The first-order valence-corrected chi connectivity index (χ1v) is 48.2. The molecule has 0 saturated heterocycles. The maximum Gasteiger partial charge on any atom is 0.0541 e. The van der Waals surface area contributed by atoms with E-state index in [4.69, 9.17) is 0 Å². The molecule has 16 aromatic carbocycles. The van der Waals surface area contributed by atoms with E-state index in [9.17, 15) is 0 Å². The van der Waals surface area contributed by atoms with Gasteiger partial charge < -0.3 is 18.3 Å². The van der Waals surface area contributed by atoms with E-state index >= 15 is 0 Å². The average molecular weight is 1680 g/mol. The van der Waals surface area contributed by atoms with Crippen molar-refractivity contribution in [2.45, 2.75) is 200 Å². The summed E-state index contributed by atoms with van der Waals surface area (Å²) in [7, 11) is 0. The third-order valence-electron chi connectivity index (χ3n) is 20.8. The Hall–Kier alpha value is -13.0. The molecule has 4 nitrogen and oxygen atoms in total. The highest BCUT2D eigenvalue weighted by Gasteiger charge is 2.22. The van der Waals surface area contributed by atoms with E-state index in [1.54, 1.807) is 0 Å². The van der Waals surface area contributed by atoms with E-state index in [1.165, 1.54) is 188 Å². The first-order chi connectivity index (χ1) is 63.1. The van der Waals surface area contributed by atoms with Gasteiger partial charge in [0.1, 0.15) is 0 Å². The molecule has 0 radical (unpaired) electrons. The van der Waals surface area contributed by atoms with Crippen LogP contribution in [0.4, 0.5) is 0 Å². The molecule has 21 rings (SSSR count).